The van der Waals surface area contributed by atoms with Gasteiger partial charge in [-0.25, -0.2) is 0 Å². The molecule has 0 aromatic heterocycles. The molecule has 146 valence electrons. The average molecular weight is 385 g/mol. The van der Waals surface area contributed by atoms with Crippen LogP contribution in [0.4, 0.5) is 28.4 Å². The first-order valence-electron chi connectivity index (χ1n) is 9.69. The summed E-state index contributed by atoms with van der Waals surface area (Å²) in [6.07, 6.45) is 0. The van der Waals surface area contributed by atoms with Gasteiger partial charge in [0.2, 0.25) is 0 Å². The third-order valence-corrected chi connectivity index (χ3v) is 4.64. The first-order chi connectivity index (χ1) is 14.3. The van der Waals surface area contributed by atoms with Crippen LogP contribution in [0.2, 0.25) is 0 Å². The third kappa shape index (κ3) is 5.33. The molecule has 6 heteroatoms. The molecule has 3 aromatic carbocycles. The van der Waals surface area contributed by atoms with Crippen LogP contribution < -0.4 is 4.90 Å². The number of rotatable bonds is 5. The normalized spacial score (nSPS) is 14.7. The Bertz CT molecular complexity index is 991. The van der Waals surface area contributed by atoms with Gasteiger partial charge >= 0.3 is 0 Å². The maximum Gasteiger partial charge on any atom is 0.0859 e. The smallest absolute Gasteiger partial charge is 0.0859 e. The molecule has 4 rings (SSSR count). The van der Waals surface area contributed by atoms with Crippen LogP contribution in [-0.2, 0) is 4.74 Å². The van der Waals surface area contributed by atoms with Crippen molar-refractivity contribution in [2.75, 3.05) is 31.2 Å². The Morgan fingerprint density at radius 1 is 0.655 bits per heavy atom. The molecule has 6 nitrogen and oxygen atoms in total. The van der Waals surface area contributed by atoms with Crippen molar-refractivity contribution in [3.63, 3.8) is 0 Å². The van der Waals surface area contributed by atoms with Crippen molar-refractivity contribution < 1.29 is 4.74 Å². The molecule has 0 unspecified atom stereocenters. The van der Waals surface area contributed by atoms with E-state index >= 15 is 0 Å². The van der Waals surface area contributed by atoms with Crippen LogP contribution in [0.15, 0.2) is 93.3 Å². The van der Waals surface area contributed by atoms with E-state index in [1.54, 1.807) is 0 Å². The Kier molecular flexibility index (Phi) is 6.02. The Morgan fingerprint density at radius 3 is 1.72 bits per heavy atom. The molecule has 3 aromatic rings. The summed E-state index contributed by atoms with van der Waals surface area (Å²) in [6.45, 7) is 5.45. The number of morpholine rings is 1. The minimum absolute atomic E-state index is 0.775. The van der Waals surface area contributed by atoms with Crippen LogP contribution in [0.1, 0.15) is 5.56 Å². The highest BCUT2D eigenvalue weighted by Crippen LogP contribution is 2.25. The lowest BCUT2D eigenvalue weighted by Crippen LogP contribution is -2.36. The predicted molar refractivity (Wildman–Crippen MR) is 115 cm³/mol. The second-order valence-electron chi connectivity index (χ2n) is 6.87. The Balaban J connectivity index is 1.37. The summed E-state index contributed by atoms with van der Waals surface area (Å²) in [4.78, 5) is 2.31. The fourth-order valence-electron chi connectivity index (χ4n) is 3.06. The topological polar surface area (TPSA) is 61.9 Å². The summed E-state index contributed by atoms with van der Waals surface area (Å²) >= 11 is 0. The van der Waals surface area contributed by atoms with E-state index in [4.69, 9.17) is 4.74 Å². The highest BCUT2D eigenvalue weighted by Gasteiger charge is 2.10. The van der Waals surface area contributed by atoms with Gasteiger partial charge in [0.15, 0.2) is 0 Å². The zero-order valence-electron chi connectivity index (χ0n) is 16.4. The van der Waals surface area contributed by atoms with Gasteiger partial charge in [0.1, 0.15) is 0 Å². The molecule has 1 aliphatic heterocycles. The van der Waals surface area contributed by atoms with Gasteiger partial charge < -0.3 is 9.64 Å². The molecule has 29 heavy (non-hydrogen) atoms. The summed E-state index contributed by atoms with van der Waals surface area (Å²) in [6, 6.07) is 23.6. The van der Waals surface area contributed by atoms with Gasteiger partial charge in [-0.2, -0.15) is 20.5 Å². The molecular formula is C23H23N5O. The van der Waals surface area contributed by atoms with Crippen LogP contribution in [0.25, 0.3) is 0 Å². The molecule has 0 saturated carbocycles. The van der Waals surface area contributed by atoms with Crippen molar-refractivity contribution in [3.05, 3.63) is 78.4 Å². The van der Waals surface area contributed by atoms with Crippen LogP contribution in [-0.4, -0.2) is 26.3 Å². The molecule has 0 aliphatic carbocycles. The van der Waals surface area contributed by atoms with Crippen molar-refractivity contribution >= 4 is 28.4 Å². The number of anilines is 1. The molecule has 0 bridgehead atoms. The standard InChI is InChI=1S/C23H23N5O/c1-18-3-2-4-22(17-18)27-26-20-7-5-19(6-8-20)24-25-21-9-11-23(12-10-21)28-13-15-29-16-14-28/h2-12,17H,13-16H2,1H3. The predicted octanol–water partition coefficient (Wildman–Crippen LogP) is 6.66. The van der Waals surface area contributed by atoms with Crippen LogP contribution in [0, 0.1) is 6.92 Å². The van der Waals surface area contributed by atoms with Crippen molar-refractivity contribution in [1.29, 1.82) is 0 Å². The van der Waals surface area contributed by atoms with Crippen molar-refractivity contribution in [3.8, 4) is 0 Å². The Hall–Kier alpha value is -3.38. The number of azo groups is 2. The molecule has 0 spiro atoms. The van der Waals surface area contributed by atoms with Gasteiger partial charge in [0.25, 0.3) is 0 Å². The summed E-state index contributed by atoms with van der Waals surface area (Å²) in [5.41, 5.74) is 5.57. The summed E-state index contributed by atoms with van der Waals surface area (Å²) < 4.78 is 5.40. The number of nitrogens with zero attached hydrogens (tertiary/aromatic N) is 5. The maximum absolute atomic E-state index is 5.40. The van der Waals surface area contributed by atoms with E-state index in [0.717, 1.165) is 54.6 Å². The molecule has 0 amide bonds. The SMILES string of the molecule is Cc1cccc(N=Nc2ccc(N=Nc3ccc(N4CCOCC4)cc3)cc2)c1. The average Bonchev–Trinajstić information content (AvgIpc) is 2.78. The zero-order valence-corrected chi connectivity index (χ0v) is 16.4. The second kappa shape index (κ2) is 9.21. The van der Waals surface area contributed by atoms with Crippen LogP contribution >= 0.6 is 0 Å². The van der Waals surface area contributed by atoms with E-state index in [2.05, 4.69) is 37.5 Å². The van der Waals surface area contributed by atoms with Crippen LogP contribution in [0.5, 0.6) is 0 Å². The lowest BCUT2D eigenvalue weighted by atomic mass is 10.2. The van der Waals surface area contributed by atoms with Gasteiger partial charge in [-0.05, 0) is 73.2 Å². The highest BCUT2D eigenvalue weighted by atomic mass is 16.5. The third-order valence-electron chi connectivity index (χ3n) is 4.64. The summed E-state index contributed by atoms with van der Waals surface area (Å²) in [5.74, 6) is 0. The number of benzene rings is 3. The summed E-state index contributed by atoms with van der Waals surface area (Å²) in [7, 11) is 0. The maximum atomic E-state index is 5.40. The van der Waals surface area contributed by atoms with E-state index < -0.39 is 0 Å². The lowest BCUT2D eigenvalue weighted by Gasteiger charge is -2.28. The van der Waals surface area contributed by atoms with E-state index in [9.17, 15) is 0 Å². The zero-order chi connectivity index (χ0) is 19.9. The van der Waals surface area contributed by atoms with E-state index in [-0.39, 0.29) is 0 Å². The second-order valence-corrected chi connectivity index (χ2v) is 6.87. The number of aryl methyl sites for hydroxylation is 1. The van der Waals surface area contributed by atoms with Gasteiger partial charge in [-0.3, -0.25) is 0 Å². The fraction of sp³-hybridized carbons (Fsp3) is 0.217. The minimum Gasteiger partial charge on any atom is -0.378 e. The molecule has 1 heterocycles. The quantitative estimate of drug-likeness (QED) is 0.461. The molecule has 1 aliphatic rings. The van der Waals surface area contributed by atoms with Gasteiger partial charge in [0, 0.05) is 18.8 Å². The van der Waals surface area contributed by atoms with Gasteiger partial charge in [-0.15, -0.1) is 0 Å². The first kappa shape index (κ1) is 19.0. The molecule has 1 saturated heterocycles. The number of ether oxygens (including phenoxy) is 1. The summed E-state index contributed by atoms with van der Waals surface area (Å²) in [5, 5.41) is 17.2. The minimum atomic E-state index is 0.775. The van der Waals surface area contributed by atoms with Crippen LogP contribution in [0.3, 0.4) is 0 Å². The van der Waals surface area contributed by atoms with Gasteiger partial charge in [0.05, 0.1) is 36.0 Å². The van der Waals surface area contributed by atoms with Gasteiger partial charge in [-0.1, -0.05) is 12.1 Å². The van der Waals surface area contributed by atoms with Crippen molar-refractivity contribution in [2.24, 2.45) is 20.5 Å². The molecule has 0 N–H and O–H groups in total. The fourth-order valence-corrected chi connectivity index (χ4v) is 3.06. The Morgan fingerprint density at radius 2 is 1.17 bits per heavy atom. The van der Waals surface area contributed by atoms with E-state index in [1.807, 2.05) is 67.6 Å². The first-order valence-corrected chi connectivity index (χ1v) is 9.69. The van der Waals surface area contributed by atoms with Crippen molar-refractivity contribution in [2.45, 2.75) is 6.92 Å². The lowest BCUT2D eigenvalue weighted by molar-refractivity contribution is 0.122. The van der Waals surface area contributed by atoms with E-state index in [1.165, 1.54) is 5.69 Å². The largest absolute Gasteiger partial charge is 0.378 e. The number of hydrogen-bond acceptors (Lipinski definition) is 6. The molecule has 0 radical (unpaired) electrons. The Labute approximate surface area is 170 Å². The van der Waals surface area contributed by atoms with E-state index in [0.29, 0.717) is 0 Å². The monoisotopic (exact) mass is 385 g/mol. The highest BCUT2D eigenvalue weighted by molar-refractivity contribution is 5.53. The molecular weight excluding hydrogens is 362 g/mol. The molecule has 0 atom stereocenters. The molecule has 1 fully saturated rings. The van der Waals surface area contributed by atoms with Crippen molar-refractivity contribution in [1.82, 2.24) is 0 Å². The number of hydrogen-bond donors (Lipinski definition) is 0.